The number of benzene rings is 1. The van der Waals surface area contributed by atoms with Crippen LogP contribution in [-0.2, 0) is 34.5 Å². The molecular weight excluding hydrogens is 723 g/mol. The van der Waals surface area contributed by atoms with E-state index in [1.54, 1.807) is 20.2 Å². The molecule has 2 aliphatic rings. The molecule has 4 aromatic heterocycles. The van der Waals surface area contributed by atoms with Gasteiger partial charge in [-0.05, 0) is 55.3 Å². The molecule has 3 amide bonds. The summed E-state index contributed by atoms with van der Waals surface area (Å²) in [6, 6.07) is 8.44. The van der Waals surface area contributed by atoms with Gasteiger partial charge in [-0.15, -0.1) is 5.10 Å². The van der Waals surface area contributed by atoms with Crippen molar-refractivity contribution in [2.24, 2.45) is 0 Å². The van der Waals surface area contributed by atoms with Crippen molar-refractivity contribution >= 4 is 40.8 Å². The third kappa shape index (κ3) is 6.43. The summed E-state index contributed by atoms with van der Waals surface area (Å²) in [7, 11) is 3.17. The van der Waals surface area contributed by atoms with Crippen molar-refractivity contribution < 1.29 is 37.4 Å². The summed E-state index contributed by atoms with van der Waals surface area (Å²) in [6.45, 7) is -0.301. The van der Waals surface area contributed by atoms with Crippen LogP contribution in [0.3, 0.4) is 0 Å². The van der Waals surface area contributed by atoms with Gasteiger partial charge in [-0.3, -0.25) is 24.2 Å². The molecule has 15 nitrogen and oxygen atoms in total. The van der Waals surface area contributed by atoms with Crippen molar-refractivity contribution in [2.45, 2.75) is 37.8 Å². The fourth-order valence-corrected chi connectivity index (χ4v) is 6.69. The zero-order valence-electron chi connectivity index (χ0n) is 28.0. The summed E-state index contributed by atoms with van der Waals surface area (Å²) in [5, 5.41) is 16.8. The third-order valence-corrected chi connectivity index (χ3v) is 9.47. The summed E-state index contributed by atoms with van der Waals surface area (Å²) in [4.78, 5) is 69.0. The lowest BCUT2D eigenvalue weighted by atomic mass is 9.85. The number of rotatable bonds is 6. The first-order valence-corrected chi connectivity index (χ1v) is 16.5. The van der Waals surface area contributed by atoms with E-state index < -0.39 is 41.3 Å². The maximum absolute atomic E-state index is 14.3. The maximum atomic E-state index is 14.3. The molecule has 2 aliphatic heterocycles. The molecule has 0 aliphatic carbocycles. The van der Waals surface area contributed by atoms with Crippen molar-refractivity contribution in [1.29, 1.82) is 0 Å². The van der Waals surface area contributed by atoms with Crippen LogP contribution >= 0.6 is 11.6 Å². The fourth-order valence-electron chi connectivity index (χ4n) is 6.46. The lowest BCUT2D eigenvalue weighted by molar-refractivity contribution is -0.137. The second-order valence-electron chi connectivity index (χ2n) is 12.7. The Morgan fingerprint density at radius 1 is 1.09 bits per heavy atom. The Labute approximate surface area is 302 Å². The first kappa shape index (κ1) is 35.5. The average molecular weight is 752 g/mol. The Bertz CT molecular complexity index is 2350. The van der Waals surface area contributed by atoms with Gasteiger partial charge in [0, 0.05) is 45.1 Å². The van der Waals surface area contributed by atoms with Crippen LogP contribution in [-0.4, -0.2) is 88.9 Å². The van der Waals surface area contributed by atoms with Crippen LogP contribution < -0.4 is 10.9 Å². The highest BCUT2D eigenvalue weighted by Gasteiger charge is 2.48. The monoisotopic (exact) mass is 751 g/mol. The van der Waals surface area contributed by atoms with Gasteiger partial charge >= 0.3 is 6.18 Å². The van der Waals surface area contributed by atoms with Crippen LogP contribution in [0.25, 0.3) is 17.2 Å². The molecule has 5 aromatic rings. The fraction of sp³-hybridized carbons (Fsp3) is 0.294. The first-order valence-electron chi connectivity index (χ1n) is 16.1. The summed E-state index contributed by atoms with van der Waals surface area (Å²) in [5.41, 5.74) is -1.85. The number of piperidine rings is 1. The molecule has 19 heteroatoms. The van der Waals surface area contributed by atoms with Gasteiger partial charge in [0.25, 0.3) is 17.4 Å². The van der Waals surface area contributed by atoms with E-state index in [4.69, 9.17) is 16.3 Å². The van der Waals surface area contributed by atoms with Gasteiger partial charge in [0.15, 0.2) is 11.5 Å². The number of halogens is 4. The molecule has 6 heterocycles. The number of nitrogens with one attached hydrogen (secondary N) is 1. The topological polar surface area (TPSA) is 177 Å². The van der Waals surface area contributed by atoms with Crippen LogP contribution in [0, 0.1) is 0 Å². The van der Waals surface area contributed by atoms with Crippen LogP contribution in [0.2, 0.25) is 5.02 Å². The van der Waals surface area contributed by atoms with Crippen LogP contribution in [0.5, 0.6) is 5.75 Å². The molecule has 0 saturated carbocycles. The molecular formula is C34H29ClF3N9O6. The molecule has 1 saturated heterocycles. The molecule has 1 spiro atoms. The normalized spacial score (nSPS) is 15.1. The van der Waals surface area contributed by atoms with E-state index in [0.717, 1.165) is 16.6 Å². The predicted molar refractivity (Wildman–Crippen MR) is 181 cm³/mol. The minimum atomic E-state index is -4.64. The van der Waals surface area contributed by atoms with E-state index in [0.29, 0.717) is 17.3 Å². The Hall–Kier alpha value is -5.88. The van der Waals surface area contributed by atoms with Crippen molar-refractivity contribution in [1.82, 2.24) is 38.9 Å². The Morgan fingerprint density at radius 3 is 2.49 bits per heavy atom. The van der Waals surface area contributed by atoms with E-state index in [1.807, 2.05) is 0 Å². The van der Waals surface area contributed by atoms with Crippen molar-refractivity contribution in [3.8, 4) is 17.1 Å². The van der Waals surface area contributed by atoms with Gasteiger partial charge in [-0.2, -0.15) is 22.7 Å². The van der Waals surface area contributed by atoms with Crippen LogP contribution in [0.4, 0.5) is 18.9 Å². The highest BCUT2D eigenvalue weighted by atomic mass is 35.5. The Balaban J connectivity index is 1.26. The molecule has 1 fully saturated rings. The number of anilines is 1. The van der Waals surface area contributed by atoms with E-state index in [1.165, 1.54) is 45.0 Å². The number of likely N-dealkylation sites (tertiary alicyclic amines) is 1. The van der Waals surface area contributed by atoms with E-state index in [-0.39, 0.29) is 83.5 Å². The third-order valence-electron chi connectivity index (χ3n) is 9.16. The van der Waals surface area contributed by atoms with E-state index in [9.17, 15) is 37.5 Å². The highest BCUT2D eigenvalue weighted by molar-refractivity contribution is 6.33. The standard InChI is InChI=1S/C34H29ClF3N9O6/c1-44(2)29(50)22-7-5-18(15-40-22)28-42-32-46(16-25(49)41-21-8-6-19(14-20(21)35)34(36,37)38)23-17-53-33(26(23)30(51)47(32)43-28)9-12-45(13-10-33)31(52)27-24(48)4-3-11-39-27/h3-8,11,14-15,48H,9-10,12-13,16-17H2,1-2H3,(H,41,49). The van der Waals surface area contributed by atoms with Gasteiger partial charge in [0.1, 0.15) is 23.6 Å². The second kappa shape index (κ2) is 13.3. The molecule has 0 atom stereocenters. The zero-order chi connectivity index (χ0) is 37.8. The molecule has 274 valence electrons. The van der Waals surface area contributed by atoms with Crippen LogP contribution in [0.1, 0.15) is 50.6 Å². The quantitative estimate of drug-likeness (QED) is 0.260. The second-order valence-corrected chi connectivity index (χ2v) is 13.1. The van der Waals surface area contributed by atoms with Gasteiger partial charge in [-0.25, -0.2) is 4.98 Å². The smallest absolute Gasteiger partial charge is 0.416 e. The number of hydrogen-bond acceptors (Lipinski definition) is 10. The average Bonchev–Trinajstić information content (AvgIpc) is 3.74. The lowest BCUT2D eigenvalue weighted by Gasteiger charge is -2.38. The van der Waals surface area contributed by atoms with Gasteiger partial charge < -0.3 is 29.5 Å². The van der Waals surface area contributed by atoms with Crippen molar-refractivity contribution in [3.63, 3.8) is 0 Å². The number of aromatic nitrogens is 6. The summed E-state index contributed by atoms with van der Waals surface area (Å²) in [6.07, 6.45) is -1.51. The number of hydrogen-bond donors (Lipinski definition) is 2. The minimum absolute atomic E-state index is 0.0373. The van der Waals surface area contributed by atoms with Gasteiger partial charge in [0.2, 0.25) is 11.7 Å². The number of pyridine rings is 2. The molecule has 0 bridgehead atoms. The Morgan fingerprint density at radius 2 is 1.85 bits per heavy atom. The number of ether oxygens (including phenoxy) is 1. The largest absolute Gasteiger partial charge is 0.505 e. The minimum Gasteiger partial charge on any atom is -0.505 e. The SMILES string of the molecule is CN(C)C(=O)c1ccc(-c2nc3n(CC(=O)Nc4ccc(C(F)(F)F)cc4Cl)c4c(c(=O)n3n2)C2(CCN(C(=O)c3ncccc3O)CC2)OC4)cn1. The van der Waals surface area contributed by atoms with Gasteiger partial charge in [-0.1, -0.05) is 11.6 Å². The number of aromatic hydroxyl groups is 1. The molecule has 1 aromatic carbocycles. The number of carbonyl (C=O) groups excluding carboxylic acids is 3. The number of nitrogens with zero attached hydrogens (tertiary/aromatic N) is 8. The van der Waals surface area contributed by atoms with Crippen molar-refractivity contribution in [2.75, 3.05) is 32.5 Å². The number of alkyl halides is 3. The molecule has 0 unspecified atom stereocenters. The van der Waals surface area contributed by atoms with Crippen LogP contribution in [0.15, 0.2) is 59.7 Å². The molecule has 2 N–H and O–H groups in total. The number of amides is 3. The zero-order valence-corrected chi connectivity index (χ0v) is 28.8. The summed E-state index contributed by atoms with van der Waals surface area (Å²) < 4.78 is 48.4. The summed E-state index contributed by atoms with van der Waals surface area (Å²) >= 11 is 6.11. The van der Waals surface area contributed by atoms with E-state index in [2.05, 4.69) is 25.4 Å². The van der Waals surface area contributed by atoms with Gasteiger partial charge in [0.05, 0.1) is 34.1 Å². The molecule has 53 heavy (non-hydrogen) atoms. The molecule has 0 radical (unpaired) electrons. The highest BCUT2D eigenvalue weighted by Crippen LogP contribution is 2.43. The maximum Gasteiger partial charge on any atom is 0.416 e. The number of carbonyl (C=O) groups is 3. The first-order chi connectivity index (χ1) is 25.2. The molecule has 7 rings (SSSR count). The predicted octanol–water partition coefficient (Wildman–Crippen LogP) is 3.73. The van der Waals surface area contributed by atoms with E-state index >= 15 is 0 Å². The number of fused-ring (bicyclic) bond motifs is 3. The Kier molecular flexibility index (Phi) is 8.89. The van der Waals surface area contributed by atoms with Crippen molar-refractivity contribution in [3.05, 3.63) is 98.4 Å². The summed E-state index contributed by atoms with van der Waals surface area (Å²) in [5.74, 6) is -1.76. The lowest BCUT2D eigenvalue weighted by Crippen LogP contribution is -2.47.